The number of hydrogen-bond donors (Lipinski definition) is 2. The van der Waals surface area contributed by atoms with Gasteiger partial charge in [0.1, 0.15) is 6.54 Å². The average molecular weight is 270 g/mol. The van der Waals surface area contributed by atoms with Crippen molar-refractivity contribution < 1.29 is 19.6 Å². The lowest BCUT2D eigenvalue weighted by Gasteiger charge is -2.06. The number of amides is 1. The number of aliphatic carboxylic acids is 1. The van der Waals surface area contributed by atoms with E-state index in [4.69, 9.17) is 5.11 Å². The fourth-order valence-corrected chi connectivity index (χ4v) is 1.29. The Morgan fingerprint density at radius 3 is 2.84 bits per heavy atom. The van der Waals surface area contributed by atoms with Crippen LogP contribution in [0.2, 0.25) is 0 Å². The van der Waals surface area contributed by atoms with Gasteiger partial charge in [0.25, 0.3) is 0 Å². The highest BCUT2D eigenvalue weighted by Gasteiger charge is 2.14. The lowest BCUT2D eigenvalue weighted by Crippen LogP contribution is -2.30. The second kappa shape index (κ2) is 6.47. The zero-order valence-corrected chi connectivity index (χ0v) is 10.3. The Bertz CT molecular complexity index is 484. The van der Waals surface area contributed by atoms with Crippen molar-refractivity contribution in [3.8, 4) is 0 Å². The molecule has 19 heavy (non-hydrogen) atoms. The summed E-state index contributed by atoms with van der Waals surface area (Å²) in [6, 6.07) is 1.19. The summed E-state index contributed by atoms with van der Waals surface area (Å²) in [4.78, 5) is 31.7. The van der Waals surface area contributed by atoms with Crippen LogP contribution in [-0.2, 0) is 16.1 Å². The number of nitrogens with one attached hydrogen (secondary N) is 1. The second-order valence-corrected chi connectivity index (χ2v) is 4.01. The van der Waals surface area contributed by atoms with Gasteiger partial charge in [-0.1, -0.05) is 6.92 Å². The lowest BCUT2D eigenvalue weighted by atomic mass is 10.1. The third kappa shape index (κ3) is 4.74. The Morgan fingerprint density at radius 2 is 2.32 bits per heavy atom. The molecular weight excluding hydrogens is 256 g/mol. The van der Waals surface area contributed by atoms with Crippen molar-refractivity contribution in [2.75, 3.05) is 6.54 Å². The predicted molar refractivity (Wildman–Crippen MR) is 63.3 cm³/mol. The highest BCUT2D eigenvalue weighted by molar-refractivity contribution is 5.75. The van der Waals surface area contributed by atoms with E-state index in [0.717, 1.165) is 4.68 Å². The Kier molecular flexibility index (Phi) is 4.98. The summed E-state index contributed by atoms with van der Waals surface area (Å²) in [5.41, 5.74) is 0. The van der Waals surface area contributed by atoms with Gasteiger partial charge in [-0.25, -0.2) is 0 Å². The van der Waals surface area contributed by atoms with Crippen molar-refractivity contribution in [1.82, 2.24) is 15.1 Å². The summed E-state index contributed by atoms with van der Waals surface area (Å²) in [5.74, 6) is -2.16. The second-order valence-electron chi connectivity index (χ2n) is 4.01. The molecule has 0 aliphatic carbocycles. The Labute approximate surface area is 108 Å². The summed E-state index contributed by atoms with van der Waals surface area (Å²) >= 11 is 0. The van der Waals surface area contributed by atoms with Gasteiger partial charge in [-0.05, 0) is 11.3 Å². The maximum Gasteiger partial charge on any atom is 0.389 e. The number of aromatic nitrogens is 2. The van der Waals surface area contributed by atoms with E-state index in [1.54, 1.807) is 6.92 Å². The van der Waals surface area contributed by atoms with Crippen LogP contribution in [0.1, 0.15) is 13.3 Å². The van der Waals surface area contributed by atoms with E-state index in [2.05, 4.69) is 10.4 Å². The zero-order valence-electron chi connectivity index (χ0n) is 10.3. The van der Waals surface area contributed by atoms with Crippen LogP contribution < -0.4 is 5.32 Å². The number of carboxylic acid groups (broad SMARTS) is 1. The van der Waals surface area contributed by atoms with Crippen molar-refractivity contribution >= 4 is 17.7 Å². The molecule has 0 radical (unpaired) electrons. The summed E-state index contributed by atoms with van der Waals surface area (Å²) in [5, 5.41) is 25.1. The largest absolute Gasteiger partial charge is 0.481 e. The third-order valence-corrected chi connectivity index (χ3v) is 2.44. The zero-order chi connectivity index (χ0) is 14.4. The Balaban J connectivity index is 2.34. The molecule has 1 atom stereocenters. The van der Waals surface area contributed by atoms with E-state index < -0.39 is 16.8 Å². The summed E-state index contributed by atoms with van der Waals surface area (Å²) in [7, 11) is 0. The molecule has 0 aromatic carbocycles. The van der Waals surface area contributed by atoms with E-state index in [0.29, 0.717) is 6.42 Å². The first-order valence-electron chi connectivity index (χ1n) is 5.57. The topological polar surface area (TPSA) is 127 Å². The van der Waals surface area contributed by atoms with Crippen LogP contribution in [0.3, 0.4) is 0 Å². The first kappa shape index (κ1) is 14.6. The number of nitrogens with zero attached hydrogens (tertiary/aromatic N) is 3. The van der Waals surface area contributed by atoms with Gasteiger partial charge in [0, 0.05) is 6.54 Å². The van der Waals surface area contributed by atoms with E-state index in [9.17, 15) is 19.7 Å². The molecule has 0 fully saturated rings. The monoisotopic (exact) mass is 270 g/mol. The molecule has 1 aromatic heterocycles. The Hall–Kier alpha value is -2.45. The highest BCUT2D eigenvalue weighted by Crippen LogP contribution is 2.05. The van der Waals surface area contributed by atoms with E-state index in [1.165, 1.54) is 12.3 Å². The van der Waals surface area contributed by atoms with Gasteiger partial charge in [0.05, 0.1) is 23.3 Å². The quantitative estimate of drug-likeness (QED) is 0.531. The van der Waals surface area contributed by atoms with Crippen molar-refractivity contribution in [1.29, 1.82) is 0 Å². The van der Waals surface area contributed by atoms with Gasteiger partial charge in [-0.15, -0.1) is 0 Å². The van der Waals surface area contributed by atoms with Gasteiger partial charge in [-0.2, -0.15) is 4.68 Å². The number of nitro groups is 1. The third-order valence-electron chi connectivity index (χ3n) is 2.44. The molecule has 0 saturated carbocycles. The van der Waals surface area contributed by atoms with Crippen LogP contribution in [0, 0.1) is 16.0 Å². The molecule has 0 saturated heterocycles. The van der Waals surface area contributed by atoms with Crippen molar-refractivity contribution in [2.24, 2.45) is 5.92 Å². The molecule has 1 unspecified atom stereocenters. The summed E-state index contributed by atoms with van der Waals surface area (Å²) < 4.78 is 1.15. The van der Waals surface area contributed by atoms with Gasteiger partial charge >= 0.3 is 11.8 Å². The summed E-state index contributed by atoms with van der Waals surface area (Å²) in [6.07, 6.45) is 1.65. The van der Waals surface area contributed by atoms with E-state index in [1.807, 2.05) is 0 Å². The molecule has 0 aliphatic rings. The molecule has 1 rings (SSSR count). The molecule has 9 nitrogen and oxygen atoms in total. The molecule has 0 aliphatic heterocycles. The summed E-state index contributed by atoms with van der Waals surface area (Å²) in [6.45, 7) is 1.64. The lowest BCUT2D eigenvalue weighted by molar-refractivity contribution is -0.389. The number of hydrogen-bond acceptors (Lipinski definition) is 5. The number of carboxylic acids is 1. The maximum atomic E-state index is 11.5. The molecule has 0 bridgehead atoms. The molecule has 104 valence electrons. The van der Waals surface area contributed by atoms with Crippen LogP contribution in [0.15, 0.2) is 12.3 Å². The van der Waals surface area contributed by atoms with Crippen LogP contribution in [0.4, 0.5) is 5.82 Å². The van der Waals surface area contributed by atoms with Gasteiger partial charge < -0.3 is 20.5 Å². The van der Waals surface area contributed by atoms with Crippen LogP contribution in [0.5, 0.6) is 0 Å². The fraction of sp³-hybridized carbons (Fsp3) is 0.500. The van der Waals surface area contributed by atoms with Gasteiger partial charge in [0.15, 0.2) is 0 Å². The molecule has 0 spiro atoms. The van der Waals surface area contributed by atoms with Crippen LogP contribution >= 0.6 is 0 Å². The minimum absolute atomic E-state index is 0.144. The van der Waals surface area contributed by atoms with Crippen molar-refractivity contribution in [3.05, 3.63) is 22.4 Å². The van der Waals surface area contributed by atoms with Crippen molar-refractivity contribution in [2.45, 2.75) is 19.9 Å². The van der Waals surface area contributed by atoms with Gasteiger partial charge in [-0.3, -0.25) is 9.59 Å². The molecule has 9 heteroatoms. The average Bonchev–Trinajstić information content (AvgIpc) is 2.77. The smallest absolute Gasteiger partial charge is 0.389 e. The first-order valence-corrected chi connectivity index (χ1v) is 5.57. The predicted octanol–water partition coefficient (Wildman–Crippen LogP) is 0.0183. The molecule has 1 aromatic rings. The molecule has 2 N–H and O–H groups in total. The molecule has 1 amide bonds. The van der Waals surface area contributed by atoms with Crippen molar-refractivity contribution in [3.63, 3.8) is 0 Å². The number of carbonyl (C=O) groups excluding carboxylic acids is 1. The normalized spacial score (nSPS) is 11.8. The number of carbonyl (C=O) groups is 2. The molecular formula is C10H14N4O5. The Morgan fingerprint density at radius 1 is 1.63 bits per heavy atom. The van der Waals surface area contributed by atoms with Crippen LogP contribution in [0.25, 0.3) is 0 Å². The van der Waals surface area contributed by atoms with Crippen LogP contribution in [-0.4, -0.2) is 38.2 Å². The van der Waals surface area contributed by atoms with Gasteiger partial charge in [0.2, 0.25) is 5.91 Å². The minimum Gasteiger partial charge on any atom is -0.481 e. The van der Waals surface area contributed by atoms with E-state index in [-0.39, 0.29) is 24.8 Å². The minimum atomic E-state index is -0.919. The van der Waals surface area contributed by atoms with E-state index >= 15 is 0 Å². The number of rotatable bonds is 7. The highest BCUT2D eigenvalue weighted by atomic mass is 16.6. The fourth-order valence-electron chi connectivity index (χ4n) is 1.29. The maximum absolute atomic E-state index is 11.5. The SMILES string of the molecule is CC(CCNC(=O)Cn1ccc([N+](=O)[O-])n1)C(=O)O. The standard InChI is InChI=1S/C10H14N4O5/c1-7(10(16)17)2-4-11-9(15)6-13-5-3-8(12-13)14(18)19/h3,5,7H,2,4,6H2,1H3,(H,11,15)(H,16,17). The first-order chi connectivity index (χ1) is 8.90. The molecule has 1 heterocycles.